The monoisotopic (exact) mass is 528 g/mol. The van der Waals surface area contributed by atoms with Gasteiger partial charge in [-0.3, -0.25) is 0 Å². The van der Waals surface area contributed by atoms with E-state index >= 15 is 0 Å². The van der Waals surface area contributed by atoms with Crippen LogP contribution in [0, 0.1) is 0 Å². The molecule has 0 spiro atoms. The van der Waals surface area contributed by atoms with E-state index in [2.05, 4.69) is 4.74 Å². The third-order valence-electron chi connectivity index (χ3n) is 2.17. The summed E-state index contributed by atoms with van der Waals surface area (Å²) < 4.78 is 38.9. The van der Waals surface area contributed by atoms with Crippen molar-refractivity contribution >= 4 is 5.97 Å². The molecule has 1 aromatic rings. The van der Waals surface area contributed by atoms with E-state index in [0.717, 1.165) is 0 Å². The molecule has 0 bridgehead atoms. The summed E-state index contributed by atoms with van der Waals surface area (Å²) in [5.41, 5.74) is 0.283. The van der Waals surface area contributed by atoms with Gasteiger partial charge in [0.2, 0.25) is 0 Å². The van der Waals surface area contributed by atoms with Crippen LogP contribution in [0.4, 0.5) is 0 Å². The summed E-state index contributed by atoms with van der Waals surface area (Å²) >= 11 is -2.40. The summed E-state index contributed by atoms with van der Waals surface area (Å²) in [6, 6.07) is 2.98. The van der Waals surface area contributed by atoms with E-state index in [4.69, 9.17) is 22.1 Å². The molecule has 0 saturated heterocycles. The molecular weight excluding hydrogens is 514 g/mol. The predicted molar refractivity (Wildman–Crippen MR) is 60.8 cm³/mol. The molecule has 0 aliphatic carbocycles. The average Bonchev–Trinajstić information content (AvgIpc) is 2.53. The first-order valence-electron chi connectivity index (χ1n) is 5.36. The Morgan fingerprint density at radius 2 is 1.76 bits per heavy atom. The minimum absolute atomic E-state index is 0.0259. The second-order valence-electron chi connectivity index (χ2n) is 3.25. The zero-order chi connectivity index (χ0) is 15.7. The summed E-state index contributed by atoms with van der Waals surface area (Å²) in [5.74, 6) is 0.477. The van der Waals surface area contributed by atoms with Gasteiger partial charge in [0.15, 0.2) is 0 Å². The van der Waals surface area contributed by atoms with Gasteiger partial charge in [0.1, 0.15) is 0 Å². The molecule has 0 heterocycles. The first-order valence-corrected chi connectivity index (χ1v) is 8.97. The number of halogens is 2. The second kappa shape index (κ2) is 10.2. The Bertz CT molecular complexity index is 443. The van der Waals surface area contributed by atoms with Crippen LogP contribution in [0.1, 0.15) is 10.4 Å². The van der Waals surface area contributed by atoms with Gasteiger partial charge < -0.3 is 0 Å². The van der Waals surface area contributed by atoms with Gasteiger partial charge in [-0.15, -0.1) is 0 Å². The van der Waals surface area contributed by atoms with Crippen molar-refractivity contribution in [2.24, 2.45) is 0 Å². The van der Waals surface area contributed by atoms with Gasteiger partial charge >= 0.3 is 145 Å². The summed E-state index contributed by atoms with van der Waals surface area (Å²) in [5, 5.41) is 0. The van der Waals surface area contributed by atoms with Crippen LogP contribution < -0.4 is 56.6 Å². The Morgan fingerprint density at radius 3 is 2.24 bits per heavy atom. The van der Waals surface area contributed by atoms with Crippen molar-refractivity contribution in [3.63, 3.8) is 0 Å². The molecule has 1 aromatic carbocycles. The van der Waals surface area contributed by atoms with Crippen molar-refractivity contribution in [2.45, 2.75) is 0 Å². The molecule has 122 valence electrons. The van der Waals surface area contributed by atoms with Crippen molar-refractivity contribution < 1.29 is 75.7 Å². The maximum absolute atomic E-state index is 11.6. The number of carbonyl (C=O) groups is 1. The van der Waals surface area contributed by atoms with E-state index in [0.29, 0.717) is 17.2 Å². The molecule has 0 amide bonds. The molecule has 0 aromatic heterocycles. The topological polar surface area (TPSA) is 92.7 Å². The first-order chi connectivity index (χ1) is 10.2. The van der Waals surface area contributed by atoms with Gasteiger partial charge in [-0.25, -0.2) is 0 Å². The van der Waals surface area contributed by atoms with Crippen molar-refractivity contribution in [3.8, 4) is 17.2 Å². The Kier molecular flexibility index (Phi) is 8.98. The standard InChI is InChI=1S/C11H14I2O8/c1-16-8-4-7(11(14)18-3)5-9(17-2)10(8)21-13-20-6-19-12-15/h4-5,15H,6H2,1-3H3/q-2. The van der Waals surface area contributed by atoms with Gasteiger partial charge in [0, 0.05) is 0 Å². The van der Waals surface area contributed by atoms with Crippen LogP contribution in [0.5, 0.6) is 17.2 Å². The van der Waals surface area contributed by atoms with E-state index in [1.165, 1.54) is 33.5 Å². The molecule has 1 rings (SSSR count). The first kappa shape index (κ1) is 18.5. The van der Waals surface area contributed by atoms with Gasteiger partial charge in [-0.1, -0.05) is 0 Å². The van der Waals surface area contributed by atoms with Crippen LogP contribution in [-0.2, 0) is 10.9 Å². The molecule has 0 unspecified atom stereocenters. The number of ether oxygens (including phenoxy) is 3. The van der Waals surface area contributed by atoms with E-state index in [1.807, 2.05) is 0 Å². The van der Waals surface area contributed by atoms with Crippen LogP contribution in [0.15, 0.2) is 12.1 Å². The Balaban J connectivity index is 2.88. The van der Waals surface area contributed by atoms with Crippen molar-refractivity contribution in [3.05, 3.63) is 17.7 Å². The second-order valence-corrected chi connectivity index (χ2v) is 5.69. The maximum atomic E-state index is 11.6. The summed E-state index contributed by atoms with van der Waals surface area (Å²) in [6.07, 6.45) is 0. The molecule has 10 heteroatoms. The molecule has 0 aliphatic heterocycles. The zero-order valence-corrected chi connectivity index (χ0v) is 15.7. The minimum atomic E-state index is -1.26. The summed E-state index contributed by atoms with van der Waals surface area (Å²) in [6.45, 7) is -0.0259. The van der Waals surface area contributed by atoms with Crippen LogP contribution >= 0.6 is 0 Å². The fraction of sp³-hybridized carbons (Fsp3) is 0.364. The van der Waals surface area contributed by atoms with Crippen molar-refractivity contribution in [1.82, 2.24) is 0 Å². The zero-order valence-electron chi connectivity index (χ0n) is 11.4. The van der Waals surface area contributed by atoms with E-state index < -0.39 is 50.0 Å². The normalized spacial score (nSPS) is 10.5. The third-order valence-corrected chi connectivity index (χ3v) is 3.83. The van der Waals surface area contributed by atoms with Gasteiger partial charge in [-0.2, -0.15) is 0 Å². The van der Waals surface area contributed by atoms with Gasteiger partial charge in [0.05, 0.1) is 0 Å². The van der Waals surface area contributed by atoms with Crippen LogP contribution in [0.25, 0.3) is 0 Å². The Hall–Kier alpha value is -0.570. The third kappa shape index (κ3) is 5.61. The van der Waals surface area contributed by atoms with E-state index in [-0.39, 0.29) is 12.4 Å². The van der Waals surface area contributed by atoms with Crippen LogP contribution in [0.2, 0.25) is 0 Å². The Labute approximate surface area is 144 Å². The molecule has 1 N–H and O–H groups in total. The number of hydrogen-bond donors (Lipinski definition) is 1. The average molecular weight is 528 g/mol. The molecule has 0 radical (unpaired) electrons. The van der Waals surface area contributed by atoms with Gasteiger partial charge in [-0.05, 0) is 0 Å². The molecule has 0 atom stereocenters. The molecule has 0 aliphatic rings. The van der Waals surface area contributed by atoms with Crippen LogP contribution in [-0.4, -0.2) is 37.5 Å². The number of methoxy groups -OCH3 is 3. The summed E-state index contributed by atoms with van der Waals surface area (Å²) in [7, 11) is 4.18. The van der Waals surface area contributed by atoms with Crippen molar-refractivity contribution in [1.29, 1.82) is 0 Å². The van der Waals surface area contributed by atoms with Gasteiger partial charge in [0.25, 0.3) is 0 Å². The van der Waals surface area contributed by atoms with E-state index in [1.54, 1.807) is 0 Å². The molecule has 0 fully saturated rings. The quantitative estimate of drug-likeness (QED) is 0.147. The molecular formula is C11H14I2O8-2. The SMILES string of the molecule is COC(=O)c1cc(OC)c(O[I-]OCO[I-]O)c(OC)c1. The fourth-order valence-electron chi connectivity index (χ4n) is 1.30. The van der Waals surface area contributed by atoms with Crippen molar-refractivity contribution in [2.75, 3.05) is 28.1 Å². The number of benzene rings is 1. The number of rotatable bonds is 9. The summed E-state index contributed by atoms with van der Waals surface area (Å²) in [4.78, 5) is 11.6. The fourth-order valence-corrected chi connectivity index (χ4v) is 3.00. The number of esters is 1. The molecule has 8 nitrogen and oxygen atoms in total. The molecule has 0 saturated carbocycles. The van der Waals surface area contributed by atoms with Crippen LogP contribution in [0.3, 0.4) is 0 Å². The predicted octanol–water partition coefficient (Wildman–Crippen LogP) is -5.31. The van der Waals surface area contributed by atoms with E-state index in [9.17, 15) is 4.79 Å². The Morgan fingerprint density at radius 1 is 1.14 bits per heavy atom. The molecule has 21 heavy (non-hydrogen) atoms. The number of hydrogen-bond acceptors (Lipinski definition) is 8. The number of carbonyl (C=O) groups excluding carboxylic acids is 1.